The van der Waals surface area contributed by atoms with E-state index in [-0.39, 0.29) is 18.8 Å². The number of aryl methyl sites for hydroxylation is 1. The molecule has 0 aliphatic heterocycles. The molecule has 0 aromatic carbocycles. The average molecular weight is 298 g/mol. The summed E-state index contributed by atoms with van der Waals surface area (Å²) in [6.07, 6.45) is 2.03. The van der Waals surface area contributed by atoms with Gasteiger partial charge in [0.25, 0.3) is 0 Å². The lowest BCUT2D eigenvalue weighted by Crippen LogP contribution is -2.52. The van der Waals surface area contributed by atoms with E-state index < -0.39 is 22.3 Å². The fourth-order valence-electron chi connectivity index (χ4n) is 1.96. The van der Waals surface area contributed by atoms with Crippen molar-refractivity contribution in [3.05, 3.63) is 22.1 Å². The highest BCUT2D eigenvalue weighted by Crippen LogP contribution is 2.14. The Morgan fingerprint density at radius 2 is 2.19 bits per heavy atom. The predicted octanol–water partition coefficient (Wildman–Crippen LogP) is 0.859. The van der Waals surface area contributed by atoms with E-state index in [1.165, 1.54) is 18.4 Å². The van der Waals surface area contributed by atoms with Gasteiger partial charge in [-0.2, -0.15) is 0 Å². The molecule has 1 aromatic heterocycles. The summed E-state index contributed by atoms with van der Waals surface area (Å²) >= 11 is 0. The monoisotopic (exact) mass is 298 g/mol. The first kappa shape index (κ1) is 16.6. The number of carbonyl (C=O) groups excluding carboxylic acids is 1. The number of hydrogen-bond acceptors (Lipinski definition) is 5. The van der Waals surface area contributed by atoms with Crippen molar-refractivity contribution in [3.63, 3.8) is 0 Å². The van der Waals surface area contributed by atoms with Crippen LogP contribution in [0.4, 0.5) is 5.82 Å². The summed E-state index contributed by atoms with van der Waals surface area (Å²) in [6, 6.07) is 0. The molecule has 0 radical (unpaired) electrons. The molecule has 0 fully saturated rings. The van der Waals surface area contributed by atoms with Crippen molar-refractivity contribution >= 4 is 17.7 Å². The summed E-state index contributed by atoms with van der Waals surface area (Å²) in [5.41, 5.74) is -1.35. The van der Waals surface area contributed by atoms with Crippen LogP contribution < -0.4 is 5.32 Å². The van der Waals surface area contributed by atoms with Gasteiger partial charge >= 0.3 is 11.8 Å². The Hall–Kier alpha value is -2.45. The van der Waals surface area contributed by atoms with Crippen molar-refractivity contribution < 1.29 is 19.6 Å². The summed E-state index contributed by atoms with van der Waals surface area (Å²) in [4.78, 5) is 36.8. The molecule has 9 heteroatoms. The molecule has 0 aliphatic carbocycles. The Morgan fingerprint density at radius 1 is 1.57 bits per heavy atom. The van der Waals surface area contributed by atoms with Gasteiger partial charge in [0.05, 0.1) is 0 Å². The van der Waals surface area contributed by atoms with E-state index in [4.69, 9.17) is 0 Å². The number of carboxylic acid groups (broad SMARTS) is 1. The average Bonchev–Trinajstić information content (AvgIpc) is 2.71. The molecule has 0 bridgehead atoms. The Bertz CT molecular complexity index is 568. The molecule has 1 rings (SSSR count). The van der Waals surface area contributed by atoms with Crippen LogP contribution in [0.15, 0.2) is 6.20 Å². The van der Waals surface area contributed by atoms with E-state index in [2.05, 4.69) is 10.3 Å². The van der Waals surface area contributed by atoms with Crippen LogP contribution in [0.1, 0.15) is 32.5 Å². The van der Waals surface area contributed by atoms with Crippen LogP contribution in [0.5, 0.6) is 0 Å². The number of nitrogens with zero attached hydrogens (tertiary/aromatic N) is 3. The van der Waals surface area contributed by atoms with E-state index >= 15 is 0 Å². The van der Waals surface area contributed by atoms with Gasteiger partial charge in [-0.15, -0.1) is 0 Å². The molecule has 1 heterocycles. The zero-order valence-corrected chi connectivity index (χ0v) is 12.1. The summed E-state index contributed by atoms with van der Waals surface area (Å²) < 4.78 is 1.31. The fraction of sp³-hybridized carbons (Fsp3) is 0.583. The maximum atomic E-state index is 11.9. The minimum atomic E-state index is -1.35. The summed E-state index contributed by atoms with van der Waals surface area (Å²) in [7, 11) is 0. The van der Waals surface area contributed by atoms with Gasteiger partial charge in [0, 0.05) is 6.92 Å². The molecule has 9 nitrogen and oxygen atoms in total. The van der Waals surface area contributed by atoms with Gasteiger partial charge in [-0.1, -0.05) is 13.3 Å². The van der Waals surface area contributed by atoms with Crippen molar-refractivity contribution in [1.29, 1.82) is 0 Å². The molecular formula is C12H18N4O5. The number of aliphatic carboxylic acids is 1. The summed E-state index contributed by atoms with van der Waals surface area (Å²) in [5, 5.41) is 22.2. The number of nitro groups is 1. The van der Waals surface area contributed by atoms with Gasteiger partial charge < -0.3 is 20.5 Å². The van der Waals surface area contributed by atoms with E-state index in [1.54, 1.807) is 0 Å². The smallest absolute Gasteiger partial charge is 0.381 e. The topological polar surface area (TPSA) is 127 Å². The van der Waals surface area contributed by atoms with Gasteiger partial charge in [-0.25, -0.2) is 4.79 Å². The molecule has 1 unspecified atom stereocenters. The van der Waals surface area contributed by atoms with Crippen LogP contribution in [0.2, 0.25) is 0 Å². The lowest BCUT2D eigenvalue weighted by molar-refractivity contribution is -0.389. The Morgan fingerprint density at radius 3 is 2.62 bits per heavy atom. The van der Waals surface area contributed by atoms with E-state index in [1.807, 2.05) is 6.92 Å². The molecule has 116 valence electrons. The first-order valence-corrected chi connectivity index (χ1v) is 6.42. The third kappa shape index (κ3) is 4.01. The third-order valence-electron chi connectivity index (χ3n) is 3.10. The van der Waals surface area contributed by atoms with Gasteiger partial charge in [-0.3, -0.25) is 9.36 Å². The largest absolute Gasteiger partial charge is 0.480 e. The zero-order valence-electron chi connectivity index (χ0n) is 12.1. The van der Waals surface area contributed by atoms with Crippen LogP contribution in [0.3, 0.4) is 0 Å². The van der Waals surface area contributed by atoms with Crippen LogP contribution in [-0.2, 0) is 16.1 Å². The standard InChI is InChI=1S/C12H18N4O5/c1-4-5-12(3,11(18)19)14-10(17)7-15-6-9(16(20)21)13-8(15)2/h6H,4-5,7H2,1-3H3,(H,14,17)(H,18,19). The van der Waals surface area contributed by atoms with Gasteiger partial charge in [-0.05, 0) is 23.3 Å². The van der Waals surface area contributed by atoms with E-state index in [9.17, 15) is 24.8 Å². The normalized spacial score (nSPS) is 13.5. The SMILES string of the molecule is CCCC(C)(NC(=O)Cn1cc([N+](=O)[O-])nc1C)C(=O)O. The third-order valence-corrected chi connectivity index (χ3v) is 3.10. The number of imidazole rings is 1. The molecule has 21 heavy (non-hydrogen) atoms. The van der Waals surface area contributed by atoms with E-state index in [0.717, 1.165) is 6.20 Å². The minimum absolute atomic E-state index is 0.223. The van der Waals surface area contributed by atoms with E-state index in [0.29, 0.717) is 12.2 Å². The van der Waals surface area contributed by atoms with Crippen LogP contribution in [-0.4, -0.2) is 37.0 Å². The Balaban J connectivity index is 2.81. The first-order valence-electron chi connectivity index (χ1n) is 6.42. The van der Waals surface area contributed by atoms with Gasteiger partial charge in [0.1, 0.15) is 18.3 Å². The second kappa shape index (κ2) is 6.33. The van der Waals surface area contributed by atoms with Crippen molar-refractivity contribution in [2.45, 2.75) is 45.7 Å². The lowest BCUT2D eigenvalue weighted by atomic mass is 9.96. The number of nitrogens with one attached hydrogen (secondary N) is 1. The minimum Gasteiger partial charge on any atom is -0.480 e. The number of carboxylic acids is 1. The summed E-state index contributed by atoms with van der Waals surface area (Å²) in [6.45, 7) is 4.55. The van der Waals surface area contributed by atoms with Gasteiger partial charge in [0.15, 0.2) is 0 Å². The molecular weight excluding hydrogens is 280 g/mol. The predicted molar refractivity (Wildman–Crippen MR) is 72.7 cm³/mol. The Kier molecular flexibility index (Phi) is 5.01. The van der Waals surface area contributed by atoms with Crippen LogP contribution in [0.25, 0.3) is 0 Å². The molecule has 1 atom stereocenters. The highest BCUT2D eigenvalue weighted by molar-refractivity contribution is 5.86. The summed E-state index contributed by atoms with van der Waals surface area (Å²) in [5.74, 6) is -1.70. The molecule has 1 amide bonds. The first-order chi connectivity index (χ1) is 9.69. The lowest BCUT2D eigenvalue weighted by Gasteiger charge is -2.25. The molecule has 0 saturated heterocycles. The van der Waals surface area contributed by atoms with Crippen LogP contribution in [0, 0.1) is 17.0 Å². The highest BCUT2D eigenvalue weighted by atomic mass is 16.6. The molecule has 0 aliphatic rings. The molecule has 0 saturated carbocycles. The second-order valence-corrected chi connectivity index (χ2v) is 4.97. The van der Waals surface area contributed by atoms with Crippen molar-refractivity contribution in [2.75, 3.05) is 0 Å². The maximum absolute atomic E-state index is 11.9. The molecule has 0 spiro atoms. The molecule has 2 N–H and O–H groups in total. The zero-order chi connectivity index (χ0) is 16.2. The number of carbonyl (C=O) groups is 2. The maximum Gasteiger partial charge on any atom is 0.381 e. The number of aromatic nitrogens is 2. The molecule has 1 aromatic rings. The fourth-order valence-corrected chi connectivity index (χ4v) is 1.96. The second-order valence-electron chi connectivity index (χ2n) is 4.97. The van der Waals surface area contributed by atoms with Gasteiger partial charge in [0.2, 0.25) is 11.7 Å². The Labute approximate surface area is 121 Å². The van der Waals surface area contributed by atoms with Crippen molar-refractivity contribution in [1.82, 2.24) is 14.9 Å². The number of rotatable bonds is 7. The quantitative estimate of drug-likeness (QED) is 0.567. The number of hydrogen-bond donors (Lipinski definition) is 2. The highest BCUT2D eigenvalue weighted by Gasteiger charge is 2.34. The van der Waals surface area contributed by atoms with Crippen molar-refractivity contribution in [2.24, 2.45) is 0 Å². The number of amides is 1. The van der Waals surface area contributed by atoms with Crippen molar-refractivity contribution in [3.8, 4) is 0 Å². The van der Waals surface area contributed by atoms with Crippen LogP contribution >= 0.6 is 0 Å².